The van der Waals surface area contributed by atoms with Crippen LogP contribution in [0.3, 0.4) is 0 Å². The lowest BCUT2D eigenvalue weighted by Gasteiger charge is -2.14. The first-order valence-corrected chi connectivity index (χ1v) is 4.42. The monoisotopic (exact) mass is 207 g/mol. The van der Waals surface area contributed by atoms with Gasteiger partial charge in [0.1, 0.15) is 0 Å². The molecule has 0 saturated carbocycles. The largest absolute Gasteiger partial charge is 0.378 e. The van der Waals surface area contributed by atoms with Crippen molar-refractivity contribution in [1.82, 2.24) is 9.21 Å². The summed E-state index contributed by atoms with van der Waals surface area (Å²) in [7, 11) is 3.48. The van der Waals surface area contributed by atoms with Crippen LogP contribution in [0.4, 0.5) is 4.79 Å². The summed E-state index contributed by atoms with van der Waals surface area (Å²) in [6.45, 7) is 2.38. The van der Waals surface area contributed by atoms with Crippen molar-refractivity contribution in [3.63, 3.8) is 0 Å². The summed E-state index contributed by atoms with van der Waals surface area (Å²) >= 11 is 4.04. The number of primary amides is 1. The van der Waals surface area contributed by atoms with Crippen LogP contribution in [0.5, 0.6) is 0 Å². The predicted molar refractivity (Wildman–Crippen MR) is 54.6 cm³/mol. The van der Waals surface area contributed by atoms with Crippen LogP contribution in [-0.4, -0.2) is 55.6 Å². The van der Waals surface area contributed by atoms with Crippen molar-refractivity contribution in [3.8, 4) is 0 Å². The average Bonchev–Trinajstić information content (AvgIpc) is 2.02. The maximum Gasteiger partial charge on any atom is 0.314 e. The Morgan fingerprint density at radius 3 is 2.38 bits per heavy atom. The Morgan fingerprint density at radius 2 is 1.92 bits per heavy atom. The summed E-state index contributed by atoms with van der Waals surface area (Å²) in [5, 5.41) is 0. The third kappa shape index (κ3) is 7.89. The van der Waals surface area contributed by atoms with Gasteiger partial charge in [-0.15, -0.1) is 0 Å². The van der Waals surface area contributed by atoms with E-state index in [4.69, 9.17) is 10.5 Å². The van der Waals surface area contributed by atoms with E-state index in [1.807, 2.05) is 7.05 Å². The predicted octanol–water partition coefficient (Wildman–Crippen LogP) is -0.210. The Bertz CT molecular complexity index is 155. The first kappa shape index (κ1) is 12.5. The zero-order valence-electron chi connectivity index (χ0n) is 8.06. The topological polar surface area (TPSA) is 58.8 Å². The fraction of sp³-hybridized carbons (Fsp3) is 0.857. The van der Waals surface area contributed by atoms with Gasteiger partial charge in [0.2, 0.25) is 0 Å². The molecule has 0 atom stereocenters. The number of carbonyl (C=O) groups excluding carboxylic acids is 1. The molecule has 0 aromatic rings. The van der Waals surface area contributed by atoms with Gasteiger partial charge in [0.15, 0.2) is 0 Å². The molecule has 0 saturated heterocycles. The number of carbonyl (C=O) groups is 1. The standard InChI is InChI=1S/C7H17N3O2S/c1-9(7(8)11)3-5-12-6-4-10(2)13/h13H,3-6H2,1-2H3,(H2,8,11). The van der Waals surface area contributed by atoms with Crippen LogP contribution in [-0.2, 0) is 4.74 Å². The number of rotatable bonds is 6. The lowest BCUT2D eigenvalue weighted by atomic mass is 10.6. The summed E-state index contributed by atoms with van der Waals surface area (Å²) < 4.78 is 6.96. The van der Waals surface area contributed by atoms with E-state index >= 15 is 0 Å². The smallest absolute Gasteiger partial charge is 0.314 e. The van der Waals surface area contributed by atoms with Crippen LogP contribution in [0.25, 0.3) is 0 Å². The second-order valence-corrected chi connectivity index (χ2v) is 3.44. The summed E-state index contributed by atoms with van der Waals surface area (Å²) in [6, 6.07) is -0.435. The molecule has 6 heteroatoms. The van der Waals surface area contributed by atoms with Crippen molar-refractivity contribution in [2.45, 2.75) is 0 Å². The van der Waals surface area contributed by atoms with E-state index in [-0.39, 0.29) is 0 Å². The summed E-state index contributed by atoms with van der Waals surface area (Å²) in [4.78, 5) is 12.0. The van der Waals surface area contributed by atoms with Crippen molar-refractivity contribution < 1.29 is 9.53 Å². The highest BCUT2D eigenvalue weighted by Gasteiger charge is 2.01. The molecular formula is C7H17N3O2S. The van der Waals surface area contributed by atoms with Crippen LogP contribution in [0, 0.1) is 0 Å². The van der Waals surface area contributed by atoms with Gasteiger partial charge in [-0.3, -0.25) is 4.31 Å². The first-order valence-electron chi connectivity index (χ1n) is 4.02. The summed E-state index contributed by atoms with van der Waals surface area (Å²) in [6.07, 6.45) is 0. The van der Waals surface area contributed by atoms with Gasteiger partial charge in [-0.25, -0.2) is 4.79 Å². The van der Waals surface area contributed by atoms with Gasteiger partial charge in [0, 0.05) is 20.1 Å². The second-order valence-electron chi connectivity index (χ2n) is 2.75. The van der Waals surface area contributed by atoms with Gasteiger partial charge < -0.3 is 15.4 Å². The van der Waals surface area contributed by atoms with Gasteiger partial charge in [-0.1, -0.05) is 12.8 Å². The molecule has 0 aliphatic carbocycles. The van der Waals surface area contributed by atoms with Crippen molar-refractivity contribution >= 4 is 18.8 Å². The van der Waals surface area contributed by atoms with Crippen LogP contribution < -0.4 is 5.73 Å². The number of hydrogen-bond donors (Lipinski definition) is 2. The summed E-state index contributed by atoms with van der Waals surface area (Å²) in [5.41, 5.74) is 5.01. The second kappa shape index (κ2) is 6.99. The Morgan fingerprint density at radius 1 is 1.38 bits per heavy atom. The third-order valence-electron chi connectivity index (χ3n) is 1.51. The number of amides is 2. The van der Waals surface area contributed by atoms with Gasteiger partial charge in [-0.05, 0) is 7.05 Å². The molecule has 0 rings (SSSR count). The molecule has 0 aliphatic heterocycles. The Hall–Kier alpha value is -0.460. The normalized spacial score (nSPS) is 10.5. The molecule has 0 fully saturated rings. The number of hydrogen-bond acceptors (Lipinski definition) is 4. The number of ether oxygens (including phenoxy) is 1. The van der Waals surface area contributed by atoms with Crippen LogP contribution in [0.1, 0.15) is 0 Å². The van der Waals surface area contributed by atoms with E-state index < -0.39 is 6.03 Å². The molecule has 2 amide bonds. The first-order chi connectivity index (χ1) is 6.04. The van der Waals surface area contributed by atoms with Gasteiger partial charge in [-0.2, -0.15) is 0 Å². The molecule has 2 N–H and O–H groups in total. The molecule has 5 nitrogen and oxygen atoms in total. The van der Waals surface area contributed by atoms with Gasteiger partial charge in [0.05, 0.1) is 13.2 Å². The molecule has 0 spiro atoms. The van der Waals surface area contributed by atoms with Crippen molar-refractivity contribution in [1.29, 1.82) is 0 Å². The van der Waals surface area contributed by atoms with E-state index in [2.05, 4.69) is 12.8 Å². The van der Waals surface area contributed by atoms with Crippen molar-refractivity contribution in [2.24, 2.45) is 5.73 Å². The Kier molecular flexibility index (Phi) is 6.75. The molecule has 0 aliphatic rings. The maximum atomic E-state index is 10.5. The number of urea groups is 1. The summed E-state index contributed by atoms with van der Waals surface area (Å²) in [5.74, 6) is 0. The average molecular weight is 207 g/mol. The van der Waals surface area contributed by atoms with Crippen LogP contribution in [0.2, 0.25) is 0 Å². The van der Waals surface area contributed by atoms with E-state index in [9.17, 15) is 4.79 Å². The lowest BCUT2D eigenvalue weighted by Crippen LogP contribution is -2.34. The van der Waals surface area contributed by atoms with Crippen molar-refractivity contribution in [3.05, 3.63) is 0 Å². The molecule has 0 bridgehead atoms. The molecule has 78 valence electrons. The molecular weight excluding hydrogens is 190 g/mol. The minimum atomic E-state index is -0.435. The lowest BCUT2D eigenvalue weighted by molar-refractivity contribution is 0.112. The quantitative estimate of drug-likeness (QED) is 0.468. The minimum absolute atomic E-state index is 0.435. The number of likely N-dealkylation sites (N-methyl/N-ethyl adjacent to an activating group) is 2. The molecule has 0 radical (unpaired) electrons. The van der Waals surface area contributed by atoms with E-state index in [0.29, 0.717) is 19.8 Å². The zero-order chi connectivity index (χ0) is 10.3. The molecule has 0 heterocycles. The van der Waals surface area contributed by atoms with Crippen molar-refractivity contribution in [2.75, 3.05) is 40.4 Å². The fourth-order valence-electron chi connectivity index (χ4n) is 0.610. The molecule has 0 aromatic carbocycles. The van der Waals surface area contributed by atoms with Crippen LogP contribution >= 0.6 is 12.8 Å². The van der Waals surface area contributed by atoms with Gasteiger partial charge in [0.25, 0.3) is 0 Å². The molecule has 0 aromatic heterocycles. The SMILES string of the molecule is CN(S)CCOCCN(C)C(N)=O. The van der Waals surface area contributed by atoms with Gasteiger partial charge >= 0.3 is 6.03 Å². The minimum Gasteiger partial charge on any atom is -0.378 e. The molecule has 0 unspecified atom stereocenters. The van der Waals surface area contributed by atoms with E-state index in [1.165, 1.54) is 4.90 Å². The highest BCUT2D eigenvalue weighted by Crippen LogP contribution is 1.87. The Balaban J connectivity index is 3.21. The number of thiol groups is 1. The maximum absolute atomic E-state index is 10.5. The number of nitrogens with two attached hydrogens (primary N) is 1. The highest BCUT2D eigenvalue weighted by atomic mass is 32.1. The van der Waals surface area contributed by atoms with E-state index in [1.54, 1.807) is 11.4 Å². The fourth-order valence-corrected chi connectivity index (χ4v) is 0.692. The highest BCUT2D eigenvalue weighted by molar-refractivity contribution is 7.77. The zero-order valence-corrected chi connectivity index (χ0v) is 8.96. The van der Waals surface area contributed by atoms with Crippen LogP contribution in [0.15, 0.2) is 0 Å². The van der Waals surface area contributed by atoms with E-state index in [0.717, 1.165) is 6.54 Å². The molecule has 13 heavy (non-hydrogen) atoms. The third-order valence-corrected chi connectivity index (χ3v) is 1.71. The Labute approximate surface area is 84.4 Å². The number of nitrogens with zero attached hydrogens (tertiary/aromatic N) is 2.